The fourth-order valence-electron chi connectivity index (χ4n) is 1.86. The highest BCUT2D eigenvalue weighted by Crippen LogP contribution is 2.28. The minimum absolute atomic E-state index is 0.0187. The Bertz CT molecular complexity index is 519. The highest BCUT2D eigenvalue weighted by molar-refractivity contribution is 7.91. The third-order valence-corrected chi connectivity index (χ3v) is 6.23. The van der Waals surface area contributed by atoms with E-state index < -0.39 is 21.7 Å². The van der Waals surface area contributed by atoms with E-state index >= 15 is 0 Å². The second-order valence-corrected chi connectivity index (χ2v) is 8.85. The minimum Gasteiger partial charge on any atom is -0.389 e. The quantitative estimate of drug-likeness (QED) is 0.845. The lowest BCUT2D eigenvalue weighted by molar-refractivity contribution is 0.0257. The molecular weight excluding hydrogens is 306 g/mol. The molecule has 19 heavy (non-hydrogen) atoms. The summed E-state index contributed by atoms with van der Waals surface area (Å²) in [6.45, 7) is 7.08. The Kier molecular flexibility index (Phi) is 5.43. The number of hydrogen-bond donors (Lipinski definition) is 2. The summed E-state index contributed by atoms with van der Waals surface area (Å²) in [5.41, 5.74) is -1.14. The zero-order chi connectivity index (χ0) is 14.8. The van der Waals surface area contributed by atoms with Gasteiger partial charge in [-0.15, -0.1) is 11.3 Å². The number of halogens is 1. The van der Waals surface area contributed by atoms with Gasteiger partial charge >= 0.3 is 0 Å². The molecule has 1 aromatic rings. The average molecular weight is 326 g/mol. The van der Waals surface area contributed by atoms with Gasteiger partial charge in [0.1, 0.15) is 4.21 Å². The molecule has 0 saturated heterocycles. The van der Waals surface area contributed by atoms with Gasteiger partial charge in [0.2, 0.25) is 10.0 Å². The zero-order valence-electron chi connectivity index (χ0n) is 11.5. The molecule has 0 amide bonds. The van der Waals surface area contributed by atoms with E-state index in [1.54, 1.807) is 19.9 Å². The van der Waals surface area contributed by atoms with E-state index in [4.69, 9.17) is 11.6 Å². The molecule has 0 saturated carbocycles. The lowest BCUT2D eigenvalue weighted by Crippen LogP contribution is -2.52. The van der Waals surface area contributed by atoms with Gasteiger partial charge in [0, 0.05) is 0 Å². The molecule has 110 valence electrons. The molecular formula is C12H20ClNO3S2. The van der Waals surface area contributed by atoms with Crippen molar-refractivity contribution >= 4 is 33.0 Å². The first-order chi connectivity index (χ1) is 8.58. The van der Waals surface area contributed by atoms with Gasteiger partial charge < -0.3 is 5.11 Å². The maximum atomic E-state index is 12.3. The maximum absolute atomic E-state index is 12.3. The van der Waals surface area contributed by atoms with Gasteiger partial charge in [0.25, 0.3) is 0 Å². The van der Waals surface area contributed by atoms with Crippen LogP contribution in [-0.4, -0.2) is 25.2 Å². The largest absolute Gasteiger partial charge is 0.389 e. The second kappa shape index (κ2) is 6.10. The van der Waals surface area contributed by atoms with Crippen LogP contribution in [-0.2, 0) is 10.0 Å². The average Bonchev–Trinajstić information content (AvgIpc) is 2.71. The van der Waals surface area contributed by atoms with Crippen molar-refractivity contribution in [3.8, 4) is 0 Å². The normalized spacial score (nSPS) is 16.3. The van der Waals surface area contributed by atoms with E-state index in [1.165, 1.54) is 6.07 Å². The second-order valence-electron chi connectivity index (χ2n) is 5.20. The summed E-state index contributed by atoms with van der Waals surface area (Å²) in [5, 5.41) is 10.1. The van der Waals surface area contributed by atoms with Crippen LogP contribution >= 0.6 is 22.9 Å². The molecule has 1 unspecified atom stereocenters. The molecule has 1 aromatic heterocycles. The lowest BCUT2D eigenvalue weighted by atomic mass is 9.87. The maximum Gasteiger partial charge on any atom is 0.250 e. The Morgan fingerprint density at radius 2 is 2.05 bits per heavy atom. The van der Waals surface area contributed by atoms with Crippen molar-refractivity contribution < 1.29 is 13.5 Å². The molecule has 2 N–H and O–H groups in total. The fraction of sp³-hybridized carbons (Fsp3) is 0.667. The van der Waals surface area contributed by atoms with Gasteiger partial charge in [-0.3, -0.25) is 0 Å². The molecule has 0 aliphatic heterocycles. The van der Waals surface area contributed by atoms with E-state index in [-0.39, 0.29) is 10.1 Å². The van der Waals surface area contributed by atoms with Crippen molar-refractivity contribution in [2.24, 2.45) is 5.92 Å². The number of sulfonamides is 1. The number of hydrogen-bond acceptors (Lipinski definition) is 4. The van der Waals surface area contributed by atoms with E-state index in [1.807, 2.05) is 13.8 Å². The van der Waals surface area contributed by atoms with Crippen LogP contribution in [0.15, 0.2) is 16.3 Å². The number of nitrogens with one attached hydrogen (secondary N) is 1. The van der Waals surface area contributed by atoms with Crippen molar-refractivity contribution in [2.75, 3.05) is 0 Å². The van der Waals surface area contributed by atoms with Crippen LogP contribution < -0.4 is 4.72 Å². The molecule has 0 aliphatic carbocycles. The van der Waals surface area contributed by atoms with Crippen LogP contribution in [0.2, 0.25) is 4.34 Å². The van der Waals surface area contributed by atoms with E-state index in [9.17, 15) is 13.5 Å². The molecule has 0 fully saturated rings. The van der Waals surface area contributed by atoms with Crippen LogP contribution in [0.5, 0.6) is 0 Å². The molecule has 0 radical (unpaired) electrons. The van der Waals surface area contributed by atoms with Crippen LogP contribution in [0.25, 0.3) is 0 Å². The molecule has 0 bridgehead atoms. The van der Waals surface area contributed by atoms with Gasteiger partial charge in [-0.25, -0.2) is 13.1 Å². The summed E-state index contributed by atoms with van der Waals surface area (Å²) < 4.78 is 27.7. The first-order valence-electron chi connectivity index (χ1n) is 6.08. The summed E-state index contributed by atoms with van der Waals surface area (Å²) in [4.78, 5) is 0. The Labute approximate surface area is 123 Å². The monoisotopic (exact) mass is 325 g/mol. The van der Waals surface area contributed by atoms with E-state index in [0.29, 0.717) is 4.34 Å². The Balaban J connectivity index is 3.03. The zero-order valence-corrected chi connectivity index (χ0v) is 13.9. The molecule has 1 heterocycles. The molecule has 4 nitrogen and oxygen atoms in total. The highest BCUT2D eigenvalue weighted by Gasteiger charge is 2.35. The summed E-state index contributed by atoms with van der Waals surface area (Å²) in [7, 11) is -3.65. The molecule has 0 aromatic carbocycles. The van der Waals surface area contributed by atoms with Crippen LogP contribution in [0, 0.1) is 5.92 Å². The number of aliphatic hydroxyl groups is 1. The Morgan fingerprint density at radius 3 is 2.42 bits per heavy atom. The summed E-state index contributed by atoms with van der Waals surface area (Å²) >= 11 is 6.76. The summed E-state index contributed by atoms with van der Waals surface area (Å²) in [6, 6.07) is 2.46. The van der Waals surface area contributed by atoms with Gasteiger partial charge in [0.05, 0.1) is 16.0 Å². The van der Waals surface area contributed by atoms with Crippen molar-refractivity contribution in [2.45, 2.75) is 50.0 Å². The van der Waals surface area contributed by atoms with E-state index in [2.05, 4.69) is 4.72 Å². The standard InChI is InChI=1S/C12H20ClNO3S2/c1-5-8(2)11(12(3,4)15)14-19(16,17)10-7-6-9(13)18-10/h6-8,11,14-15H,5H2,1-4H3/t8?,11-/m0/s1. The van der Waals surface area contributed by atoms with E-state index in [0.717, 1.165) is 17.8 Å². The van der Waals surface area contributed by atoms with Crippen LogP contribution in [0.3, 0.4) is 0 Å². The molecule has 0 spiro atoms. The molecule has 7 heteroatoms. The Morgan fingerprint density at radius 1 is 1.47 bits per heavy atom. The lowest BCUT2D eigenvalue weighted by Gasteiger charge is -2.34. The predicted octanol–water partition coefficient (Wildman–Crippen LogP) is 2.87. The first-order valence-corrected chi connectivity index (χ1v) is 8.75. The van der Waals surface area contributed by atoms with Crippen LogP contribution in [0.1, 0.15) is 34.1 Å². The highest BCUT2D eigenvalue weighted by atomic mass is 35.5. The summed E-state index contributed by atoms with van der Waals surface area (Å²) in [5.74, 6) is 0.0187. The smallest absolute Gasteiger partial charge is 0.250 e. The van der Waals surface area contributed by atoms with Gasteiger partial charge in [0.15, 0.2) is 0 Å². The van der Waals surface area contributed by atoms with Crippen molar-refractivity contribution in [1.29, 1.82) is 0 Å². The molecule has 0 aliphatic rings. The molecule has 1 rings (SSSR count). The van der Waals surface area contributed by atoms with Crippen LogP contribution in [0.4, 0.5) is 0 Å². The summed E-state index contributed by atoms with van der Waals surface area (Å²) in [6.07, 6.45) is 0.766. The van der Waals surface area contributed by atoms with Crippen molar-refractivity contribution in [3.05, 3.63) is 16.5 Å². The fourth-order valence-corrected chi connectivity index (χ4v) is 4.84. The predicted molar refractivity (Wildman–Crippen MR) is 79.2 cm³/mol. The topological polar surface area (TPSA) is 66.4 Å². The van der Waals surface area contributed by atoms with Gasteiger partial charge in [-0.05, 0) is 31.9 Å². The third kappa shape index (κ3) is 4.43. The SMILES string of the molecule is CCC(C)[C@H](NS(=O)(=O)c1ccc(Cl)s1)C(C)(C)O. The number of thiophene rings is 1. The van der Waals surface area contributed by atoms with Crippen molar-refractivity contribution in [1.82, 2.24) is 4.72 Å². The van der Waals surface area contributed by atoms with Crippen molar-refractivity contribution in [3.63, 3.8) is 0 Å². The Hall–Kier alpha value is -0.140. The third-order valence-electron chi connectivity index (χ3n) is 3.07. The van der Waals surface area contributed by atoms with Gasteiger partial charge in [-0.2, -0.15) is 0 Å². The minimum atomic E-state index is -3.65. The molecule has 2 atom stereocenters. The number of rotatable bonds is 6. The van der Waals surface area contributed by atoms with Gasteiger partial charge in [-0.1, -0.05) is 31.9 Å². The first kappa shape index (κ1) is 16.9.